The van der Waals surface area contributed by atoms with Crippen molar-refractivity contribution in [2.45, 2.75) is 32.6 Å². The number of esters is 1. The minimum absolute atomic E-state index is 0. The van der Waals surface area contributed by atoms with Crippen molar-refractivity contribution in [3.05, 3.63) is 71.8 Å². The van der Waals surface area contributed by atoms with Crippen molar-refractivity contribution in [2.24, 2.45) is 0 Å². The lowest BCUT2D eigenvalue weighted by atomic mass is 9.78. The van der Waals surface area contributed by atoms with Gasteiger partial charge in [-0.05, 0) is 37.2 Å². The van der Waals surface area contributed by atoms with Crippen LogP contribution in [0.4, 0.5) is 0 Å². The van der Waals surface area contributed by atoms with Crippen LogP contribution in [0.5, 0.6) is 0 Å². The van der Waals surface area contributed by atoms with E-state index in [1.807, 2.05) is 24.3 Å². The number of nitrogens with zero attached hydrogens (tertiary/aromatic N) is 1. The second-order valence-corrected chi connectivity index (χ2v) is 6.40. The molecule has 0 bridgehead atoms. The number of carbonyl (C=O) groups excluding carboxylic acids is 1. The largest absolute Gasteiger partial charge is 0.461 e. The molecule has 0 saturated carbocycles. The highest BCUT2D eigenvalue weighted by Crippen LogP contribution is 2.30. The molecule has 0 radical (unpaired) electrons. The quantitative estimate of drug-likeness (QED) is 0.580. The van der Waals surface area contributed by atoms with Crippen LogP contribution < -0.4 is 0 Å². The Hall–Kier alpha value is -1.84. The van der Waals surface area contributed by atoms with E-state index < -0.39 is 0 Å². The summed E-state index contributed by atoms with van der Waals surface area (Å²) in [6, 6.07) is 19.6. The lowest BCUT2D eigenvalue weighted by Gasteiger charge is -2.37. The highest BCUT2D eigenvalue weighted by molar-refractivity contribution is 5.89. The van der Waals surface area contributed by atoms with E-state index in [-0.39, 0.29) is 23.8 Å². The number of ether oxygens (including phenoxy) is 1. The van der Waals surface area contributed by atoms with Crippen LogP contribution in [0, 0.1) is 0 Å². The van der Waals surface area contributed by atoms with Gasteiger partial charge >= 0.3 is 5.97 Å². The van der Waals surface area contributed by atoms with E-state index in [2.05, 4.69) is 49.9 Å². The lowest BCUT2D eigenvalue weighted by molar-refractivity contribution is 0.0346. The number of hydrogen-bond acceptors (Lipinski definition) is 3. The molecule has 2 rings (SSSR count). The highest BCUT2D eigenvalue weighted by atomic mass is 35.5. The molecule has 26 heavy (non-hydrogen) atoms. The maximum Gasteiger partial charge on any atom is 0.338 e. The Morgan fingerprint density at radius 2 is 1.46 bits per heavy atom. The molecule has 4 heteroatoms. The van der Waals surface area contributed by atoms with Crippen molar-refractivity contribution in [3.8, 4) is 0 Å². The smallest absolute Gasteiger partial charge is 0.338 e. The molecular formula is C22H30ClNO2. The van der Waals surface area contributed by atoms with Crippen LogP contribution in [0.1, 0.15) is 43.1 Å². The van der Waals surface area contributed by atoms with Gasteiger partial charge in [-0.1, -0.05) is 69.3 Å². The predicted octanol–water partition coefficient (Wildman–Crippen LogP) is 4.96. The molecule has 0 aliphatic heterocycles. The molecule has 0 aliphatic rings. The zero-order valence-corrected chi connectivity index (χ0v) is 16.8. The number of carbonyl (C=O) groups is 1. The molecule has 2 aromatic rings. The number of rotatable bonds is 9. The molecule has 0 spiro atoms. The fourth-order valence-electron chi connectivity index (χ4n) is 3.17. The molecule has 1 unspecified atom stereocenters. The first-order chi connectivity index (χ1) is 12.1. The second kappa shape index (κ2) is 11.0. The van der Waals surface area contributed by atoms with Gasteiger partial charge in [0, 0.05) is 12.0 Å². The molecule has 0 amide bonds. The van der Waals surface area contributed by atoms with Crippen LogP contribution in [-0.2, 0) is 10.2 Å². The molecule has 0 N–H and O–H groups in total. The van der Waals surface area contributed by atoms with Crippen LogP contribution in [0.25, 0.3) is 0 Å². The standard InChI is InChI=1S/C22H29NO2.ClH/c1-4-22(17-23(5-2)6-3,20-15-11-8-12-16-20)18-25-21(24)19-13-9-7-10-14-19;/h7-16H,4-6,17-18H2,1-3H3;1H. The van der Waals surface area contributed by atoms with Gasteiger partial charge in [0.25, 0.3) is 0 Å². The summed E-state index contributed by atoms with van der Waals surface area (Å²) in [6.07, 6.45) is 0.912. The van der Waals surface area contributed by atoms with Crippen molar-refractivity contribution in [1.29, 1.82) is 0 Å². The molecule has 0 aromatic heterocycles. The second-order valence-electron chi connectivity index (χ2n) is 6.40. The van der Waals surface area contributed by atoms with Crippen molar-refractivity contribution < 1.29 is 9.53 Å². The van der Waals surface area contributed by atoms with E-state index >= 15 is 0 Å². The van der Waals surface area contributed by atoms with Crippen molar-refractivity contribution in [1.82, 2.24) is 4.90 Å². The monoisotopic (exact) mass is 375 g/mol. The SMILES string of the molecule is CCN(CC)CC(CC)(COC(=O)c1ccccc1)c1ccccc1.Cl. The maximum absolute atomic E-state index is 12.4. The molecule has 0 heterocycles. The third-order valence-electron chi connectivity index (χ3n) is 4.97. The van der Waals surface area contributed by atoms with E-state index in [9.17, 15) is 4.79 Å². The summed E-state index contributed by atoms with van der Waals surface area (Å²) in [5, 5.41) is 0. The first kappa shape index (κ1) is 22.2. The van der Waals surface area contributed by atoms with Crippen LogP contribution in [-0.4, -0.2) is 37.1 Å². The molecule has 2 aromatic carbocycles. The molecule has 0 aliphatic carbocycles. The average molecular weight is 376 g/mol. The van der Waals surface area contributed by atoms with Gasteiger partial charge in [-0.3, -0.25) is 0 Å². The summed E-state index contributed by atoms with van der Waals surface area (Å²) in [5.41, 5.74) is 1.63. The first-order valence-corrected chi connectivity index (χ1v) is 9.15. The maximum atomic E-state index is 12.4. The fourth-order valence-corrected chi connectivity index (χ4v) is 3.17. The van der Waals surface area contributed by atoms with Gasteiger partial charge in [0.15, 0.2) is 0 Å². The van der Waals surface area contributed by atoms with Gasteiger partial charge in [0.05, 0.1) is 5.56 Å². The van der Waals surface area contributed by atoms with Gasteiger partial charge in [0.2, 0.25) is 0 Å². The highest BCUT2D eigenvalue weighted by Gasteiger charge is 2.33. The molecule has 3 nitrogen and oxygen atoms in total. The van der Waals surface area contributed by atoms with Crippen LogP contribution in [0.15, 0.2) is 60.7 Å². The number of hydrogen-bond donors (Lipinski definition) is 0. The Morgan fingerprint density at radius 3 is 1.96 bits per heavy atom. The average Bonchev–Trinajstić information content (AvgIpc) is 2.70. The molecule has 0 fully saturated rings. The Bertz CT molecular complexity index is 644. The third kappa shape index (κ3) is 5.58. The summed E-state index contributed by atoms with van der Waals surface area (Å²) in [7, 11) is 0. The molecule has 0 saturated heterocycles. The first-order valence-electron chi connectivity index (χ1n) is 9.15. The zero-order chi connectivity index (χ0) is 18.1. The van der Waals surface area contributed by atoms with Gasteiger partial charge in [-0.25, -0.2) is 4.79 Å². The number of likely N-dealkylation sites (N-methyl/N-ethyl adjacent to an activating group) is 1. The van der Waals surface area contributed by atoms with Crippen LogP contribution >= 0.6 is 12.4 Å². The Kier molecular flexibility index (Phi) is 9.39. The van der Waals surface area contributed by atoms with Gasteiger partial charge in [0.1, 0.15) is 6.61 Å². The normalized spacial score (nSPS) is 12.9. The fraction of sp³-hybridized carbons (Fsp3) is 0.409. The predicted molar refractivity (Wildman–Crippen MR) is 110 cm³/mol. The van der Waals surface area contributed by atoms with Crippen molar-refractivity contribution in [3.63, 3.8) is 0 Å². The van der Waals surface area contributed by atoms with E-state index in [1.54, 1.807) is 12.1 Å². The molecule has 142 valence electrons. The van der Waals surface area contributed by atoms with Crippen LogP contribution in [0.3, 0.4) is 0 Å². The van der Waals surface area contributed by atoms with E-state index in [1.165, 1.54) is 5.56 Å². The van der Waals surface area contributed by atoms with Gasteiger partial charge < -0.3 is 9.64 Å². The Labute approximate surface area is 163 Å². The van der Waals surface area contributed by atoms with Gasteiger partial charge in [-0.15, -0.1) is 12.4 Å². The minimum atomic E-state index is -0.256. The summed E-state index contributed by atoms with van der Waals surface area (Å²) in [4.78, 5) is 14.8. The third-order valence-corrected chi connectivity index (χ3v) is 4.97. The summed E-state index contributed by atoms with van der Waals surface area (Å²) < 4.78 is 5.76. The van der Waals surface area contributed by atoms with Crippen molar-refractivity contribution in [2.75, 3.05) is 26.2 Å². The van der Waals surface area contributed by atoms with Gasteiger partial charge in [-0.2, -0.15) is 0 Å². The lowest BCUT2D eigenvalue weighted by Crippen LogP contribution is -2.44. The van der Waals surface area contributed by atoms with Crippen LogP contribution in [0.2, 0.25) is 0 Å². The van der Waals surface area contributed by atoms with E-state index in [0.717, 1.165) is 26.1 Å². The Balaban J connectivity index is 0.00000338. The zero-order valence-electron chi connectivity index (χ0n) is 16.0. The topological polar surface area (TPSA) is 29.5 Å². The summed E-state index contributed by atoms with van der Waals surface area (Å²) in [6.45, 7) is 9.75. The summed E-state index contributed by atoms with van der Waals surface area (Å²) in [5.74, 6) is -0.256. The molecule has 1 atom stereocenters. The van der Waals surface area contributed by atoms with E-state index in [0.29, 0.717) is 12.2 Å². The van der Waals surface area contributed by atoms with E-state index in [4.69, 9.17) is 4.74 Å². The Morgan fingerprint density at radius 1 is 0.923 bits per heavy atom. The summed E-state index contributed by atoms with van der Waals surface area (Å²) >= 11 is 0. The minimum Gasteiger partial charge on any atom is -0.461 e. The number of benzene rings is 2. The molecular weight excluding hydrogens is 346 g/mol. The number of halogens is 1. The van der Waals surface area contributed by atoms with Crippen molar-refractivity contribution >= 4 is 18.4 Å².